The fraction of sp³-hybridized carbons (Fsp3) is 0.471. The zero-order valence-corrected chi connectivity index (χ0v) is 13.4. The molecule has 0 amide bonds. The predicted octanol–water partition coefficient (Wildman–Crippen LogP) is 3.71. The second-order valence-electron chi connectivity index (χ2n) is 5.69. The molecule has 1 aromatic carbocycles. The lowest BCUT2D eigenvalue weighted by molar-refractivity contribution is 0.242. The Morgan fingerprint density at radius 3 is 2.86 bits per heavy atom. The first-order valence-electron chi connectivity index (χ1n) is 7.58. The minimum Gasteiger partial charge on any atom is -0.491 e. The van der Waals surface area contributed by atoms with Gasteiger partial charge in [-0.05, 0) is 46.0 Å². The topological polar surface area (TPSA) is 41.2 Å². The van der Waals surface area contributed by atoms with Gasteiger partial charge in [-0.25, -0.2) is 0 Å². The number of H-pyrrole nitrogens is 1. The second kappa shape index (κ2) is 7.27. The Morgan fingerprint density at radius 2 is 2.14 bits per heavy atom. The predicted molar refractivity (Wildman–Crippen MR) is 86.4 cm³/mol. The van der Waals surface area contributed by atoms with Crippen molar-refractivity contribution >= 4 is 0 Å². The zero-order chi connectivity index (χ0) is 15.2. The lowest BCUT2D eigenvalue weighted by Gasteiger charge is -2.15. The number of aromatic amines is 1. The van der Waals surface area contributed by atoms with Gasteiger partial charge in [0.25, 0.3) is 0 Å². The summed E-state index contributed by atoms with van der Waals surface area (Å²) < 4.78 is 5.76. The molecule has 0 bridgehead atoms. The quantitative estimate of drug-likeness (QED) is 0.844. The van der Waals surface area contributed by atoms with Crippen molar-refractivity contribution in [1.82, 2.24) is 15.1 Å². The van der Waals surface area contributed by atoms with Gasteiger partial charge in [0.05, 0.1) is 11.8 Å². The molecule has 1 aromatic heterocycles. The van der Waals surface area contributed by atoms with Crippen LogP contribution in [0.5, 0.6) is 5.75 Å². The maximum absolute atomic E-state index is 5.76. The maximum atomic E-state index is 5.76. The highest BCUT2D eigenvalue weighted by Gasteiger charge is 2.11. The summed E-state index contributed by atoms with van der Waals surface area (Å²) in [5, 5.41) is 7.40. The van der Waals surface area contributed by atoms with Crippen LogP contribution in [-0.4, -0.2) is 34.8 Å². The van der Waals surface area contributed by atoms with E-state index in [2.05, 4.69) is 41.2 Å². The van der Waals surface area contributed by atoms with Crippen LogP contribution in [0.25, 0.3) is 11.3 Å². The van der Waals surface area contributed by atoms with Crippen molar-refractivity contribution < 1.29 is 4.74 Å². The monoisotopic (exact) mass is 287 g/mol. The van der Waals surface area contributed by atoms with Gasteiger partial charge in [-0.3, -0.25) is 5.10 Å². The molecule has 0 spiro atoms. The molecule has 0 saturated carbocycles. The van der Waals surface area contributed by atoms with Gasteiger partial charge in [-0.15, -0.1) is 0 Å². The summed E-state index contributed by atoms with van der Waals surface area (Å²) in [6.07, 6.45) is 3.31. The second-order valence-corrected chi connectivity index (χ2v) is 5.69. The highest BCUT2D eigenvalue weighted by atomic mass is 16.5. The highest BCUT2D eigenvalue weighted by molar-refractivity contribution is 5.64. The summed E-state index contributed by atoms with van der Waals surface area (Å²) in [6, 6.07) is 8.13. The smallest absolute Gasteiger partial charge is 0.120 e. The van der Waals surface area contributed by atoms with E-state index in [1.54, 1.807) is 0 Å². The van der Waals surface area contributed by atoms with E-state index in [4.69, 9.17) is 4.74 Å². The van der Waals surface area contributed by atoms with Crippen molar-refractivity contribution in [1.29, 1.82) is 0 Å². The molecule has 4 nitrogen and oxygen atoms in total. The number of benzene rings is 1. The molecular weight excluding hydrogens is 262 g/mol. The average molecular weight is 287 g/mol. The minimum atomic E-state index is 0.176. The van der Waals surface area contributed by atoms with Crippen LogP contribution in [0.3, 0.4) is 0 Å². The minimum absolute atomic E-state index is 0.176. The van der Waals surface area contributed by atoms with Crippen molar-refractivity contribution in [2.24, 2.45) is 0 Å². The van der Waals surface area contributed by atoms with Crippen LogP contribution in [0.1, 0.15) is 32.8 Å². The third kappa shape index (κ3) is 4.33. The van der Waals surface area contributed by atoms with E-state index in [1.165, 1.54) is 5.56 Å². The van der Waals surface area contributed by atoms with Gasteiger partial charge in [-0.2, -0.15) is 5.10 Å². The Hall–Kier alpha value is -1.81. The van der Waals surface area contributed by atoms with E-state index in [0.29, 0.717) is 0 Å². The van der Waals surface area contributed by atoms with Gasteiger partial charge in [0.15, 0.2) is 0 Å². The van der Waals surface area contributed by atoms with Crippen LogP contribution in [-0.2, 0) is 6.54 Å². The van der Waals surface area contributed by atoms with Crippen LogP contribution < -0.4 is 4.74 Å². The molecule has 0 saturated heterocycles. The lowest BCUT2D eigenvalue weighted by atomic mass is 10.1. The number of nitrogens with zero attached hydrogens (tertiary/aromatic N) is 2. The van der Waals surface area contributed by atoms with Crippen molar-refractivity contribution in [3.63, 3.8) is 0 Å². The van der Waals surface area contributed by atoms with E-state index in [1.807, 2.05) is 32.2 Å². The van der Waals surface area contributed by atoms with Crippen LogP contribution in [0.2, 0.25) is 0 Å². The Balaban J connectivity index is 2.20. The molecule has 114 valence electrons. The third-order valence-corrected chi connectivity index (χ3v) is 3.24. The van der Waals surface area contributed by atoms with Gasteiger partial charge in [-0.1, -0.05) is 19.1 Å². The normalized spacial score (nSPS) is 11.3. The molecule has 2 rings (SSSR count). The Bertz CT molecular complexity index is 563. The summed E-state index contributed by atoms with van der Waals surface area (Å²) in [4.78, 5) is 2.31. The molecule has 21 heavy (non-hydrogen) atoms. The van der Waals surface area contributed by atoms with Crippen LogP contribution in [0.15, 0.2) is 30.5 Å². The Labute approximate surface area is 127 Å². The molecule has 0 atom stereocenters. The number of rotatable bonds is 7. The summed E-state index contributed by atoms with van der Waals surface area (Å²) in [5.74, 6) is 0.887. The number of hydrogen-bond acceptors (Lipinski definition) is 3. The van der Waals surface area contributed by atoms with Crippen molar-refractivity contribution in [3.8, 4) is 17.0 Å². The van der Waals surface area contributed by atoms with Crippen molar-refractivity contribution in [2.45, 2.75) is 39.8 Å². The van der Waals surface area contributed by atoms with Crippen molar-refractivity contribution in [2.75, 3.05) is 13.6 Å². The van der Waals surface area contributed by atoms with E-state index in [-0.39, 0.29) is 6.10 Å². The summed E-state index contributed by atoms with van der Waals surface area (Å²) >= 11 is 0. The van der Waals surface area contributed by atoms with Crippen molar-refractivity contribution in [3.05, 3.63) is 36.0 Å². The molecule has 4 heteroatoms. The van der Waals surface area contributed by atoms with Crippen LogP contribution in [0, 0.1) is 0 Å². The number of ether oxygens (including phenoxy) is 1. The molecule has 2 aromatic rings. The summed E-state index contributed by atoms with van der Waals surface area (Å²) in [7, 11) is 2.14. The third-order valence-electron chi connectivity index (χ3n) is 3.24. The van der Waals surface area contributed by atoms with E-state index < -0.39 is 0 Å². The molecule has 0 fully saturated rings. The highest BCUT2D eigenvalue weighted by Crippen LogP contribution is 2.26. The van der Waals surface area contributed by atoms with Gasteiger partial charge in [0.2, 0.25) is 0 Å². The molecule has 0 aliphatic carbocycles. The largest absolute Gasteiger partial charge is 0.491 e. The zero-order valence-electron chi connectivity index (χ0n) is 13.4. The van der Waals surface area contributed by atoms with E-state index in [9.17, 15) is 0 Å². The first-order valence-corrected chi connectivity index (χ1v) is 7.58. The number of hydrogen-bond donors (Lipinski definition) is 1. The van der Waals surface area contributed by atoms with Gasteiger partial charge in [0, 0.05) is 23.9 Å². The fourth-order valence-corrected chi connectivity index (χ4v) is 2.43. The number of nitrogens with one attached hydrogen (secondary N) is 1. The standard InChI is InChI=1S/C17H25N3O/c1-5-9-20(4)12-15-11-18-19-17(15)14-7-6-8-16(10-14)21-13(2)3/h6-8,10-11,13H,5,9,12H2,1-4H3,(H,18,19). The van der Waals surface area contributed by atoms with Gasteiger partial charge < -0.3 is 9.64 Å². The number of aromatic nitrogens is 2. The van der Waals surface area contributed by atoms with Gasteiger partial charge >= 0.3 is 0 Å². The first-order chi connectivity index (χ1) is 10.1. The van der Waals surface area contributed by atoms with E-state index >= 15 is 0 Å². The Morgan fingerprint density at radius 1 is 1.33 bits per heavy atom. The van der Waals surface area contributed by atoms with E-state index in [0.717, 1.165) is 36.5 Å². The van der Waals surface area contributed by atoms with Crippen LogP contribution in [0.4, 0.5) is 0 Å². The average Bonchev–Trinajstić information content (AvgIpc) is 2.86. The molecule has 0 aliphatic heterocycles. The molecule has 0 aliphatic rings. The lowest BCUT2D eigenvalue weighted by Crippen LogP contribution is -2.18. The molecule has 0 unspecified atom stereocenters. The van der Waals surface area contributed by atoms with Gasteiger partial charge in [0.1, 0.15) is 5.75 Å². The molecular formula is C17H25N3O. The fourth-order valence-electron chi connectivity index (χ4n) is 2.43. The molecule has 0 radical (unpaired) electrons. The van der Waals surface area contributed by atoms with Crippen LogP contribution >= 0.6 is 0 Å². The first kappa shape index (κ1) is 15.6. The Kier molecular flexibility index (Phi) is 5.39. The maximum Gasteiger partial charge on any atom is 0.120 e. The summed E-state index contributed by atoms with van der Waals surface area (Å²) in [5.41, 5.74) is 3.31. The molecule has 1 heterocycles. The SMILES string of the molecule is CCCN(C)Cc1c[nH]nc1-c1cccc(OC(C)C)c1. The summed E-state index contributed by atoms with van der Waals surface area (Å²) in [6.45, 7) is 8.24. The molecule has 1 N–H and O–H groups in total.